The molecule has 1 N–H and O–H groups in total. The van der Waals surface area contributed by atoms with Gasteiger partial charge in [-0.25, -0.2) is 0 Å². The van der Waals surface area contributed by atoms with Crippen molar-refractivity contribution in [2.75, 3.05) is 7.05 Å². The van der Waals surface area contributed by atoms with Crippen molar-refractivity contribution < 1.29 is 0 Å². The Balaban J connectivity index is 2.50. The third-order valence-electron chi connectivity index (χ3n) is 3.25. The van der Waals surface area contributed by atoms with Crippen LogP contribution >= 0.6 is 46.4 Å². The molecule has 0 amide bonds. The van der Waals surface area contributed by atoms with Crippen LogP contribution in [-0.2, 0) is 0 Å². The molecule has 0 saturated carbocycles. The number of nitrogens with one attached hydrogen (secondary N) is 1. The maximum absolute atomic E-state index is 6.25. The zero-order valence-electron chi connectivity index (χ0n) is 11.0. The van der Waals surface area contributed by atoms with E-state index in [0.29, 0.717) is 25.7 Å². The maximum atomic E-state index is 6.25. The minimum atomic E-state index is 0.281. The fourth-order valence-corrected chi connectivity index (χ4v) is 3.07. The first-order chi connectivity index (χ1) is 9.45. The molecule has 0 fully saturated rings. The van der Waals surface area contributed by atoms with Crippen LogP contribution in [0.3, 0.4) is 0 Å². The number of hydrogen-bond donors (Lipinski definition) is 1. The highest BCUT2D eigenvalue weighted by atomic mass is 35.5. The average molecular weight is 349 g/mol. The zero-order chi connectivity index (χ0) is 14.9. The quantitative estimate of drug-likeness (QED) is 0.510. The van der Waals surface area contributed by atoms with Crippen molar-refractivity contribution in [1.29, 1.82) is 0 Å². The lowest BCUT2D eigenvalue weighted by Crippen LogP contribution is -2.11. The second-order valence-electron chi connectivity index (χ2n) is 4.48. The lowest BCUT2D eigenvalue weighted by atomic mass is 10.0. The minimum absolute atomic E-state index is 0.281. The van der Waals surface area contributed by atoms with Crippen LogP contribution in [0.1, 0.15) is 18.5 Å². The topological polar surface area (TPSA) is 12.0 Å². The lowest BCUT2D eigenvalue weighted by Gasteiger charge is -2.13. The Morgan fingerprint density at radius 1 is 0.900 bits per heavy atom. The molecule has 0 radical (unpaired) electrons. The van der Waals surface area contributed by atoms with Crippen LogP contribution in [0.5, 0.6) is 0 Å². The number of hydrogen-bond acceptors (Lipinski definition) is 1. The molecule has 2 aromatic carbocycles. The van der Waals surface area contributed by atoms with Gasteiger partial charge in [0.15, 0.2) is 0 Å². The maximum Gasteiger partial charge on any atom is 0.0785 e. The van der Waals surface area contributed by atoms with E-state index in [1.807, 2.05) is 31.3 Å². The standard InChI is InChI=1S/C15H13Cl4N/c1-8(20-2)9-3-5-10(6-4-9)13-11(16)7-12(17)14(18)15(13)19/h3-8,20H,1-2H3. The summed E-state index contributed by atoms with van der Waals surface area (Å²) in [7, 11) is 1.92. The highest BCUT2D eigenvalue weighted by Crippen LogP contribution is 2.43. The van der Waals surface area contributed by atoms with Crippen LogP contribution in [-0.4, -0.2) is 7.05 Å². The van der Waals surface area contributed by atoms with Crippen molar-refractivity contribution in [2.24, 2.45) is 0 Å². The summed E-state index contributed by atoms with van der Waals surface area (Å²) in [6, 6.07) is 9.90. The van der Waals surface area contributed by atoms with Crippen molar-refractivity contribution in [3.63, 3.8) is 0 Å². The second-order valence-corrected chi connectivity index (χ2v) is 6.05. The molecular weight excluding hydrogens is 336 g/mol. The summed E-state index contributed by atoms with van der Waals surface area (Å²) >= 11 is 24.5. The van der Waals surface area contributed by atoms with Gasteiger partial charge >= 0.3 is 0 Å². The van der Waals surface area contributed by atoms with Crippen LogP contribution in [0, 0.1) is 0 Å². The van der Waals surface area contributed by atoms with Gasteiger partial charge in [-0.1, -0.05) is 70.7 Å². The van der Waals surface area contributed by atoms with Gasteiger partial charge in [0.1, 0.15) is 0 Å². The van der Waals surface area contributed by atoms with Crippen molar-refractivity contribution in [3.8, 4) is 11.1 Å². The Morgan fingerprint density at radius 3 is 2.05 bits per heavy atom. The summed E-state index contributed by atoms with van der Waals surface area (Å²) in [5, 5.41) is 4.72. The molecule has 5 heteroatoms. The number of rotatable bonds is 3. The van der Waals surface area contributed by atoms with E-state index in [2.05, 4.69) is 12.2 Å². The first-order valence-corrected chi connectivity index (χ1v) is 7.57. The fourth-order valence-electron chi connectivity index (χ4n) is 1.94. The molecule has 1 nitrogen and oxygen atoms in total. The van der Waals surface area contributed by atoms with Gasteiger partial charge in [0.05, 0.1) is 20.1 Å². The fraction of sp³-hybridized carbons (Fsp3) is 0.200. The molecule has 0 spiro atoms. The van der Waals surface area contributed by atoms with E-state index in [1.54, 1.807) is 6.07 Å². The summed E-state index contributed by atoms with van der Waals surface area (Å²) in [6.45, 7) is 2.09. The lowest BCUT2D eigenvalue weighted by molar-refractivity contribution is 0.652. The summed E-state index contributed by atoms with van der Waals surface area (Å²) in [5.74, 6) is 0. The van der Waals surface area contributed by atoms with Gasteiger partial charge in [0.25, 0.3) is 0 Å². The predicted octanol–water partition coefficient (Wildman–Crippen LogP) is 6.25. The van der Waals surface area contributed by atoms with E-state index in [9.17, 15) is 0 Å². The van der Waals surface area contributed by atoms with Gasteiger partial charge in [-0.05, 0) is 31.2 Å². The Kier molecular flexibility index (Phi) is 5.22. The van der Waals surface area contributed by atoms with Gasteiger partial charge in [0, 0.05) is 11.6 Å². The number of halogens is 4. The van der Waals surface area contributed by atoms with Crippen LogP contribution in [0.2, 0.25) is 20.1 Å². The van der Waals surface area contributed by atoms with Gasteiger partial charge in [-0.3, -0.25) is 0 Å². The van der Waals surface area contributed by atoms with Crippen LogP contribution in [0.15, 0.2) is 30.3 Å². The minimum Gasteiger partial charge on any atom is -0.313 e. The van der Waals surface area contributed by atoms with E-state index in [1.165, 1.54) is 5.56 Å². The van der Waals surface area contributed by atoms with Gasteiger partial charge in [-0.2, -0.15) is 0 Å². The highest BCUT2D eigenvalue weighted by Gasteiger charge is 2.15. The molecule has 0 aromatic heterocycles. The van der Waals surface area contributed by atoms with E-state index in [0.717, 1.165) is 5.56 Å². The molecule has 20 heavy (non-hydrogen) atoms. The largest absolute Gasteiger partial charge is 0.313 e. The first kappa shape index (κ1) is 15.9. The molecule has 1 unspecified atom stereocenters. The Morgan fingerprint density at radius 2 is 1.50 bits per heavy atom. The monoisotopic (exact) mass is 347 g/mol. The van der Waals surface area contributed by atoms with Crippen molar-refractivity contribution >= 4 is 46.4 Å². The molecule has 2 aromatic rings. The molecule has 1 atom stereocenters. The molecule has 0 aliphatic heterocycles. The van der Waals surface area contributed by atoms with Crippen molar-refractivity contribution in [3.05, 3.63) is 56.0 Å². The highest BCUT2D eigenvalue weighted by molar-refractivity contribution is 6.51. The summed E-state index contributed by atoms with van der Waals surface area (Å²) in [6.07, 6.45) is 0. The van der Waals surface area contributed by atoms with Crippen LogP contribution < -0.4 is 5.32 Å². The predicted molar refractivity (Wildman–Crippen MR) is 89.4 cm³/mol. The SMILES string of the molecule is CNC(C)c1ccc(-c2c(Cl)cc(Cl)c(Cl)c2Cl)cc1. The molecule has 2 rings (SSSR count). The molecule has 0 saturated heterocycles. The second kappa shape index (κ2) is 6.55. The molecule has 0 heterocycles. The average Bonchev–Trinajstić information content (AvgIpc) is 2.45. The smallest absolute Gasteiger partial charge is 0.0785 e. The summed E-state index contributed by atoms with van der Waals surface area (Å²) < 4.78 is 0. The van der Waals surface area contributed by atoms with E-state index >= 15 is 0 Å². The molecular formula is C15H13Cl4N. The Bertz CT molecular complexity index is 623. The van der Waals surface area contributed by atoms with E-state index in [-0.39, 0.29) is 6.04 Å². The molecule has 0 bridgehead atoms. The Labute approximate surface area is 138 Å². The van der Waals surface area contributed by atoms with Crippen molar-refractivity contribution in [1.82, 2.24) is 5.32 Å². The molecule has 0 aliphatic rings. The summed E-state index contributed by atoms with van der Waals surface area (Å²) in [4.78, 5) is 0. The Hall–Kier alpha value is -0.440. The van der Waals surface area contributed by atoms with E-state index < -0.39 is 0 Å². The summed E-state index contributed by atoms with van der Waals surface area (Å²) in [5.41, 5.74) is 2.79. The molecule has 0 aliphatic carbocycles. The number of benzene rings is 2. The van der Waals surface area contributed by atoms with Gasteiger partial charge in [-0.15, -0.1) is 0 Å². The van der Waals surface area contributed by atoms with Gasteiger partial charge < -0.3 is 5.32 Å². The van der Waals surface area contributed by atoms with Crippen LogP contribution in [0.4, 0.5) is 0 Å². The van der Waals surface area contributed by atoms with Crippen LogP contribution in [0.25, 0.3) is 11.1 Å². The third kappa shape index (κ3) is 3.08. The molecule has 106 valence electrons. The van der Waals surface area contributed by atoms with E-state index in [4.69, 9.17) is 46.4 Å². The normalized spacial score (nSPS) is 12.5. The third-order valence-corrected chi connectivity index (χ3v) is 4.81. The van der Waals surface area contributed by atoms with Crippen molar-refractivity contribution in [2.45, 2.75) is 13.0 Å². The first-order valence-electron chi connectivity index (χ1n) is 6.06. The van der Waals surface area contributed by atoms with Gasteiger partial charge in [0.2, 0.25) is 0 Å². The zero-order valence-corrected chi connectivity index (χ0v) is 14.0.